The second kappa shape index (κ2) is 5.97. The minimum Gasteiger partial charge on any atom is -0.381 e. The molecule has 2 rings (SSSR count). The SMILES string of the molecule is CCn1nccc1NC(=O)C(N)C1CCOCC1. The van der Waals surface area contributed by atoms with Gasteiger partial charge in [-0.25, -0.2) is 4.68 Å². The van der Waals surface area contributed by atoms with Crippen LogP contribution in [0.25, 0.3) is 0 Å². The fourth-order valence-electron chi connectivity index (χ4n) is 2.19. The highest BCUT2D eigenvalue weighted by molar-refractivity contribution is 5.94. The molecule has 0 aliphatic carbocycles. The number of nitrogens with two attached hydrogens (primary N) is 1. The van der Waals surface area contributed by atoms with Crippen molar-refractivity contribution in [3.63, 3.8) is 0 Å². The van der Waals surface area contributed by atoms with Crippen molar-refractivity contribution in [2.75, 3.05) is 18.5 Å². The maximum atomic E-state index is 12.1. The van der Waals surface area contributed by atoms with E-state index < -0.39 is 6.04 Å². The highest BCUT2D eigenvalue weighted by atomic mass is 16.5. The van der Waals surface area contributed by atoms with E-state index in [0.29, 0.717) is 19.0 Å². The van der Waals surface area contributed by atoms with Crippen LogP contribution in [-0.2, 0) is 16.1 Å². The number of nitrogens with zero attached hydrogens (tertiary/aromatic N) is 2. The number of nitrogens with one attached hydrogen (secondary N) is 1. The first kappa shape index (κ1) is 13.0. The van der Waals surface area contributed by atoms with Crippen molar-refractivity contribution in [3.8, 4) is 0 Å². The van der Waals surface area contributed by atoms with Crippen molar-refractivity contribution in [2.45, 2.75) is 32.4 Å². The molecule has 6 nitrogen and oxygen atoms in total. The second-order valence-corrected chi connectivity index (χ2v) is 4.50. The summed E-state index contributed by atoms with van der Waals surface area (Å²) in [6, 6.07) is 1.30. The lowest BCUT2D eigenvalue weighted by atomic mass is 9.92. The summed E-state index contributed by atoms with van der Waals surface area (Å²) < 4.78 is 7.00. The van der Waals surface area contributed by atoms with Gasteiger partial charge in [0.15, 0.2) is 0 Å². The third-order valence-corrected chi connectivity index (χ3v) is 3.34. The zero-order chi connectivity index (χ0) is 13.0. The van der Waals surface area contributed by atoms with Crippen molar-refractivity contribution in [1.82, 2.24) is 9.78 Å². The lowest BCUT2D eigenvalue weighted by Gasteiger charge is -2.26. The van der Waals surface area contributed by atoms with E-state index in [9.17, 15) is 4.79 Å². The van der Waals surface area contributed by atoms with Gasteiger partial charge in [-0.1, -0.05) is 0 Å². The highest BCUT2D eigenvalue weighted by Gasteiger charge is 2.26. The number of hydrogen-bond donors (Lipinski definition) is 2. The Hall–Kier alpha value is -1.40. The lowest BCUT2D eigenvalue weighted by molar-refractivity contribution is -0.119. The molecular formula is C12H20N4O2. The lowest BCUT2D eigenvalue weighted by Crippen LogP contribution is -2.44. The summed E-state index contributed by atoms with van der Waals surface area (Å²) in [6.07, 6.45) is 3.36. The van der Waals surface area contributed by atoms with E-state index in [1.807, 2.05) is 6.92 Å². The predicted molar refractivity (Wildman–Crippen MR) is 68.0 cm³/mol. The summed E-state index contributed by atoms with van der Waals surface area (Å²) in [5.74, 6) is 0.763. The fourth-order valence-corrected chi connectivity index (χ4v) is 2.19. The quantitative estimate of drug-likeness (QED) is 0.822. The third kappa shape index (κ3) is 2.88. The molecule has 0 radical (unpaired) electrons. The maximum Gasteiger partial charge on any atom is 0.242 e. The summed E-state index contributed by atoms with van der Waals surface area (Å²) in [6.45, 7) is 4.08. The molecule has 100 valence electrons. The van der Waals surface area contributed by atoms with Gasteiger partial charge in [0.2, 0.25) is 5.91 Å². The minimum atomic E-state index is -0.478. The number of carbonyl (C=O) groups is 1. The predicted octanol–water partition coefficient (Wildman–Crippen LogP) is 0.595. The normalized spacial score (nSPS) is 18.6. The summed E-state index contributed by atoms with van der Waals surface area (Å²) in [4.78, 5) is 12.1. The molecule has 6 heteroatoms. The van der Waals surface area contributed by atoms with Crippen molar-refractivity contribution in [3.05, 3.63) is 12.3 Å². The Balaban J connectivity index is 1.94. The van der Waals surface area contributed by atoms with Gasteiger partial charge < -0.3 is 15.8 Å². The molecule has 2 heterocycles. The van der Waals surface area contributed by atoms with Crippen LogP contribution in [0, 0.1) is 5.92 Å². The summed E-state index contributed by atoms with van der Waals surface area (Å²) >= 11 is 0. The number of aromatic nitrogens is 2. The fraction of sp³-hybridized carbons (Fsp3) is 0.667. The van der Waals surface area contributed by atoms with Gasteiger partial charge in [-0.3, -0.25) is 4.79 Å². The largest absolute Gasteiger partial charge is 0.381 e. The zero-order valence-corrected chi connectivity index (χ0v) is 10.6. The van der Waals surface area contributed by atoms with Gasteiger partial charge in [-0.15, -0.1) is 0 Å². The third-order valence-electron chi connectivity index (χ3n) is 3.34. The summed E-state index contributed by atoms with van der Waals surface area (Å²) in [7, 11) is 0. The Bertz CT molecular complexity index is 399. The standard InChI is InChI=1S/C12H20N4O2/c1-2-16-10(3-6-14-16)15-12(17)11(13)9-4-7-18-8-5-9/h3,6,9,11H,2,4-5,7-8,13H2,1H3,(H,15,17). The molecule has 1 unspecified atom stereocenters. The number of aryl methyl sites for hydroxylation is 1. The average Bonchev–Trinajstić information content (AvgIpc) is 2.86. The molecule has 1 aromatic rings. The molecule has 1 amide bonds. The van der Waals surface area contributed by atoms with E-state index in [0.717, 1.165) is 19.4 Å². The van der Waals surface area contributed by atoms with Crippen LogP contribution >= 0.6 is 0 Å². The number of hydrogen-bond acceptors (Lipinski definition) is 4. The van der Waals surface area contributed by atoms with Crippen LogP contribution in [0.15, 0.2) is 12.3 Å². The first-order chi connectivity index (χ1) is 8.72. The first-order valence-corrected chi connectivity index (χ1v) is 6.38. The minimum absolute atomic E-state index is 0.142. The van der Waals surface area contributed by atoms with Gasteiger partial charge in [-0.2, -0.15) is 5.10 Å². The van der Waals surface area contributed by atoms with Crippen LogP contribution < -0.4 is 11.1 Å². The van der Waals surface area contributed by atoms with Gasteiger partial charge in [0.05, 0.1) is 12.2 Å². The number of amides is 1. The molecule has 1 saturated heterocycles. The molecule has 0 bridgehead atoms. The molecule has 1 atom stereocenters. The molecule has 18 heavy (non-hydrogen) atoms. The molecule has 1 fully saturated rings. The topological polar surface area (TPSA) is 82.2 Å². The number of rotatable bonds is 4. The average molecular weight is 252 g/mol. The molecule has 1 aromatic heterocycles. The monoisotopic (exact) mass is 252 g/mol. The Kier molecular flexibility index (Phi) is 4.33. The van der Waals surface area contributed by atoms with Crippen molar-refractivity contribution < 1.29 is 9.53 Å². The van der Waals surface area contributed by atoms with Crippen LogP contribution in [0.1, 0.15) is 19.8 Å². The van der Waals surface area contributed by atoms with Crippen molar-refractivity contribution >= 4 is 11.7 Å². The number of carbonyl (C=O) groups excluding carboxylic acids is 1. The maximum absolute atomic E-state index is 12.1. The molecule has 3 N–H and O–H groups in total. The van der Waals surface area contributed by atoms with E-state index in [1.54, 1.807) is 16.9 Å². The Morgan fingerprint density at radius 1 is 1.67 bits per heavy atom. The zero-order valence-electron chi connectivity index (χ0n) is 10.6. The van der Waals surface area contributed by atoms with Crippen molar-refractivity contribution in [1.29, 1.82) is 0 Å². The van der Waals surface area contributed by atoms with Crippen LogP contribution in [-0.4, -0.2) is 34.9 Å². The van der Waals surface area contributed by atoms with Crippen LogP contribution in [0.3, 0.4) is 0 Å². The van der Waals surface area contributed by atoms with Crippen LogP contribution in [0.4, 0.5) is 5.82 Å². The van der Waals surface area contributed by atoms with E-state index >= 15 is 0 Å². The first-order valence-electron chi connectivity index (χ1n) is 6.38. The van der Waals surface area contributed by atoms with Crippen molar-refractivity contribution in [2.24, 2.45) is 11.7 Å². The van der Waals surface area contributed by atoms with Gasteiger partial charge in [-0.05, 0) is 25.7 Å². The molecule has 0 aromatic carbocycles. The summed E-state index contributed by atoms with van der Waals surface area (Å²) in [5.41, 5.74) is 6.00. The van der Waals surface area contributed by atoms with Gasteiger partial charge in [0, 0.05) is 25.8 Å². The molecular weight excluding hydrogens is 232 g/mol. The van der Waals surface area contributed by atoms with Crippen LogP contribution in [0.2, 0.25) is 0 Å². The Morgan fingerprint density at radius 2 is 2.39 bits per heavy atom. The van der Waals surface area contributed by atoms with Gasteiger partial charge in [0.25, 0.3) is 0 Å². The smallest absolute Gasteiger partial charge is 0.242 e. The molecule has 1 aliphatic heterocycles. The number of anilines is 1. The van der Waals surface area contributed by atoms with E-state index in [-0.39, 0.29) is 11.8 Å². The van der Waals surface area contributed by atoms with Gasteiger partial charge >= 0.3 is 0 Å². The summed E-state index contributed by atoms with van der Waals surface area (Å²) in [5, 5.41) is 6.93. The number of ether oxygens (including phenoxy) is 1. The molecule has 0 saturated carbocycles. The Labute approximate surface area is 106 Å². The second-order valence-electron chi connectivity index (χ2n) is 4.50. The van der Waals surface area contributed by atoms with E-state index in [4.69, 9.17) is 10.5 Å². The Morgan fingerprint density at radius 3 is 3.06 bits per heavy atom. The highest BCUT2D eigenvalue weighted by Crippen LogP contribution is 2.18. The van der Waals surface area contributed by atoms with E-state index in [2.05, 4.69) is 10.4 Å². The molecule has 0 spiro atoms. The molecule has 1 aliphatic rings. The van der Waals surface area contributed by atoms with Crippen LogP contribution in [0.5, 0.6) is 0 Å². The van der Waals surface area contributed by atoms with E-state index in [1.165, 1.54) is 0 Å². The van der Waals surface area contributed by atoms with Gasteiger partial charge in [0.1, 0.15) is 5.82 Å².